The number of fused-ring (bicyclic) bond motifs is 5. The van der Waals surface area contributed by atoms with Crippen LogP contribution in [-0.2, 0) is 12.0 Å². The molecule has 1 aliphatic rings. The van der Waals surface area contributed by atoms with Crippen molar-refractivity contribution in [3.05, 3.63) is 71.3 Å². The first kappa shape index (κ1) is 19.9. The van der Waals surface area contributed by atoms with Crippen molar-refractivity contribution in [1.29, 1.82) is 0 Å². The summed E-state index contributed by atoms with van der Waals surface area (Å²) in [7, 11) is 0. The van der Waals surface area contributed by atoms with Crippen LogP contribution in [0.4, 0.5) is 0 Å². The Bertz CT molecular complexity index is 1110. The molecule has 0 atom stereocenters. The minimum atomic E-state index is -0.0850. The van der Waals surface area contributed by atoms with Gasteiger partial charge < -0.3 is 0 Å². The summed E-state index contributed by atoms with van der Waals surface area (Å²) in [6.07, 6.45) is 3.19. The van der Waals surface area contributed by atoms with Crippen molar-refractivity contribution in [2.24, 2.45) is 5.92 Å². The highest BCUT2D eigenvalue weighted by Crippen LogP contribution is 2.46. The number of allylic oxidation sites excluding steroid dienone is 1. The van der Waals surface area contributed by atoms with E-state index in [0.717, 1.165) is 19.3 Å². The Balaban J connectivity index is 2.16. The number of benzene rings is 2. The largest absolute Gasteiger partial charge is 0.214 e. The minimum Gasteiger partial charge on any atom is -0.182 e. The maximum absolute atomic E-state index is 4.70. The van der Waals surface area contributed by atoms with Crippen LogP contribution in [0.1, 0.15) is 62.8 Å². The molecule has 0 spiro atoms. The lowest BCUT2D eigenvalue weighted by atomic mass is 9.73. The smallest absolute Gasteiger partial charge is 0.182 e. The van der Waals surface area contributed by atoms with Crippen LogP contribution in [0, 0.1) is 19.8 Å². The normalized spacial score (nSPS) is 14.9. The molecule has 1 heteroatoms. The summed E-state index contributed by atoms with van der Waals surface area (Å²) in [6, 6.07) is 16.2. The summed E-state index contributed by atoms with van der Waals surface area (Å²) in [6.45, 7) is 18.4. The number of pyridine rings is 1. The topological polar surface area (TPSA) is 3.88 Å². The van der Waals surface area contributed by atoms with Crippen LogP contribution in [0.2, 0.25) is 0 Å². The van der Waals surface area contributed by atoms with Gasteiger partial charge >= 0.3 is 0 Å². The summed E-state index contributed by atoms with van der Waals surface area (Å²) in [4.78, 5) is 0. The van der Waals surface area contributed by atoms with Crippen molar-refractivity contribution >= 4 is 16.5 Å². The van der Waals surface area contributed by atoms with Gasteiger partial charge in [0.2, 0.25) is 11.2 Å². The molecule has 2 heterocycles. The summed E-state index contributed by atoms with van der Waals surface area (Å²) < 4.78 is 2.62. The van der Waals surface area contributed by atoms with Gasteiger partial charge in [0.05, 0.1) is 5.56 Å². The second kappa shape index (κ2) is 7.13. The molecule has 1 aromatic heterocycles. The SMILES string of the molecule is C=C1c2c(C)cc(C)cc2-c2ccc3c(CC(C)C)cccc3[n+]2C1(CC)CC. The molecule has 29 heavy (non-hydrogen) atoms. The fourth-order valence-corrected chi connectivity index (χ4v) is 5.57. The van der Waals surface area contributed by atoms with Gasteiger partial charge in [0, 0.05) is 41.5 Å². The highest BCUT2D eigenvalue weighted by molar-refractivity contribution is 5.88. The van der Waals surface area contributed by atoms with Crippen molar-refractivity contribution in [2.75, 3.05) is 0 Å². The molecule has 3 aromatic rings. The molecule has 4 rings (SSSR count). The third kappa shape index (κ3) is 2.86. The molecular weight excluding hydrogens is 350 g/mol. The van der Waals surface area contributed by atoms with Crippen molar-refractivity contribution < 1.29 is 4.57 Å². The van der Waals surface area contributed by atoms with E-state index < -0.39 is 0 Å². The lowest BCUT2D eigenvalue weighted by Gasteiger charge is -2.36. The molecule has 0 unspecified atom stereocenters. The van der Waals surface area contributed by atoms with Crippen LogP contribution >= 0.6 is 0 Å². The number of hydrogen-bond acceptors (Lipinski definition) is 0. The minimum absolute atomic E-state index is 0.0850. The van der Waals surface area contributed by atoms with Gasteiger partial charge in [-0.2, -0.15) is 4.57 Å². The van der Waals surface area contributed by atoms with Gasteiger partial charge in [0.15, 0.2) is 5.54 Å². The van der Waals surface area contributed by atoms with Gasteiger partial charge in [-0.3, -0.25) is 0 Å². The maximum atomic E-state index is 4.70. The van der Waals surface area contributed by atoms with Crippen LogP contribution in [0.15, 0.2) is 49.0 Å². The third-order valence-electron chi connectivity index (χ3n) is 6.91. The molecule has 150 valence electrons. The Labute approximate surface area is 176 Å². The van der Waals surface area contributed by atoms with Gasteiger partial charge in [-0.25, -0.2) is 0 Å². The van der Waals surface area contributed by atoms with Gasteiger partial charge in [-0.1, -0.05) is 52.5 Å². The predicted octanol–water partition coefficient (Wildman–Crippen LogP) is 7.15. The van der Waals surface area contributed by atoms with E-state index in [1.807, 2.05) is 0 Å². The van der Waals surface area contributed by atoms with E-state index in [9.17, 15) is 0 Å². The number of hydrogen-bond donors (Lipinski definition) is 0. The first-order valence-electron chi connectivity index (χ1n) is 11.1. The average Bonchev–Trinajstić information content (AvgIpc) is 2.68. The molecule has 0 bridgehead atoms. The number of aryl methyl sites for hydroxylation is 2. The van der Waals surface area contributed by atoms with E-state index in [2.05, 4.69) is 88.6 Å². The highest BCUT2D eigenvalue weighted by Gasteiger charge is 2.48. The van der Waals surface area contributed by atoms with Gasteiger partial charge in [-0.05, 0) is 55.0 Å². The summed E-state index contributed by atoms with van der Waals surface area (Å²) in [5.41, 5.74) is 10.7. The zero-order valence-electron chi connectivity index (χ0n) is 18.9. The molecule has 1 aliphatic heterocycles. The van der Waals surface area contributed by atoms with Gasteiger partial charge in [-0.15, -0.1) is 0 Å². The fraction of sp³-hybridized carbons (Fsp3) is 0.393. The lowest BCUT2D eigenvalue weighted by molar-refractivity contribution is -0.718. The van der Waals surface area contributed by atoms with E-state index >= 15 is 0 Å². The number of nitrogens with zero attached hydrogens (tertiary/aromatic N) is 1. The molecule has 0 aliphatic carbocycles. The van der Waals surface area contributed by atoms with Crippen LogP contribution < -0.4 is 4.57 Å². The van der Waals surface area contributed by atoms with E-state index in [4.69, 9.17) is 6.58 Å². The van der Waals surface area contributed by atoms with Crippen molar-refractivity contribution in [1.82, 2.24) is 0 Å². The molecule has 0 fully saturated rings. The first-order chi connectivity index (χ1) is 13.8. The summed E-state index contributed by atoms with van der Waals surface area (Å²) >= 11 is 0. The molecule has 0 saturated heterocycles. The van der Waals surface area contributed by atoms with Gasteiger partial charge in [0.1, 0.15) is 0 Å². The zero-order chi connectivity index (χ0) is 20.9. The first-order valence-corrected chi connectivity index (χ1v) is 11.1. The van der Waals surface area contributed by atoms with Gasteiger partial charge in [0.25, 0.3) is 0 Å². The van der Waals surface area contributed by atoms with Crippen molar-refractivity contribution in [2.45, 2.75) is 66.3 Å². The number of aromatic nitrogens is 1. The van der Waals surface area contributed by atoms with E-state index in [1.54, 1.807) is 0 Å². The fourth-order valence-electron chi connectivity index (χ4n) is 5.57. The molecular formula is C28H34N+. The van der Waals surface area contributed by atoms with Crippen LogP contribution in [0.5, 0.6) is 0 Å². The highest BCUT2D eigenvalue weighted by atomic mass is 15.1. The summed E-state index contributed by atoms with van der Waals surface area (Å²) in [5, 5.41) is 1.39. The number of rotatable bonds is 4. The van der Waals surface area contributed by atoms with Crippen molar-refractivity contribution in [3.8, 4) is 11.3 Å². The average molecular weight is 385 g/mol. The summed E-state index contributed by atoms with van der Waals surface area (Å²) in [5.74, 6) is 0.643. The molecule has 2 aromatic carbocycles. The third-order valence-corrected chi connectivity index (χ3v) is 6.91. The lowest BCUT2D eigenvalue weighted by Crippen LogP contribution is -2.60. The Morgan fingerprint density at radius 2 is 1.72 bits per heavy atom. The molecule has 0 amide bonds. The Morgan fingerprint density at radius 1 is 1.00 bits per heavy atom. The molecule has 0 saturated carbocycles. The van der Waals surface area contributed by atoms with E-state index in [1.165, 1.54) is 50.0 Å². The van der Waals surface area contributed by atoms with E-state index in [0.29, 0.717) is 5.92 Å². The zero-order valence-corrected chi connectivity index (χ0v) is 18.9. The molecule has 0 N–H and O–H groups in total. The second-order valence-corrected chi connectivity index (χ2v) is 9.22. The second-order valence-electron chi connectivity index (χ2n) is 9.22. The van der Waals surface area contributed by atoms with Crippen LogP contribution in [-0.4, -0.2) is 0 Å². The van der Waals surface area contributed by atoms with E-state index in [-0.39, 0.29) is 5.54 Å². The van der Waals surface area contributed by atoms with Crippen molar-refractivity contribution in [3.63, 3.8) is 0 Å². The van der Waals surface area contributed by atoms with Crippen LogP contribution in [0.25, 0.3) is 27.7 Å². The Kier molecular flexibility index (Phi) is 4.89. The Morgan fingerprint density at radius 3 is 2.38 bits per heavy atom. The quantitative estimate of drug-likeness (QED) is 0.420. The predicted molar refractivity (Wildman–Crippen MR) is 125 cm³/mol. The Hall–Kier alpha value is -2.41. The monoisotopic (exact) mass is 384 g/mol. The molecule has 0 radical (unpaired) electrons. The maximum Gasteiger partial charge on any atom is 0.214 e. The standard InChI is InChI=1S/C28H34N/c1-8-28(9-2)21(7)27-20(6)16-19(5)17-24(27)26-14-13-23-22(15-18(3)4)11-10-12-25(23)29(26)28/h10-14,16-18H,7-9,15H2,1-6H3/q+1. The van der Waals surface area contributed by atoms with Crippen LogP contribution in [0.3, 0.4) is 0 Å². The molecule has 1 nitrogen and oxygen atoms in total.